The van der Waals surface area contributed by atoms with E-state index in [1.54, 1.807) is 12.2 Å². The molecule has 0 aromatic rings. The van der Waals surface area contributed by atoms with Crippen LogP contribution in [0.4, 0.5) is 0 Å². The second-order valence-electron chi connectivity index (χ2n) is 1.20. The van der Waals surface area contributed by atoms with Gasteiger partial charge < -0.3 is 0 Å². The van der Waals surface area contributed by atoms with Crippen LogP contribution in [0.15, 0.2) is 29.4 Å². The normalized spacial score (nSPS) is 7.91. The van der Waals surface area contributed by atoms with Crippen LogP contribution in [0, 0.1) is 0 Å². The molecule has 0 aromatic carbocycles. The molecular weight excluding hydrogens is 134 g/mol. The molecule has 0 aliphatic carbocycles. The third-order valence-corrected chi connectivity index (χ3v) is 0.608. The second kappa shape index (κ2) is 22.9. The van der Waals surface area contributed by atoms with Gasteiger partial charge in [0.25, 0.3) is 0 Å². The molecule has 0 atom stereocenters. The average molecular weight is 155 g/mol. The van der Waals surface area contributed by atoms with Crippen molar-refractivity contribution in [2.45, 2.75) is 34.6 Å². The lowest BCUT2D eigenvalue weighted by molar-refractivity contribution is 1.33. The first-order chi connectivity index (χ1) is 5.31. The molecule has 0 heterocycles. The third kappa shape index (κ3) is 27.2. The zero-order chi connectivity index (χ0) is 9.70. The van der Waals surface area contributed by atoms with Crippen molar-refractivity contribution in [3.63, 3.8) is 0 Å². The molecule has 0 aliphatic heterocycles. The summed E-state index contributed by atoms with van der Waals surface area (Å²) in [5.41, 5.74) is 0.898. The molecule has 1 nitrogen and oxygen atoms in total. The SMILES string of the molecule is C=C/C=C(/C)N=C.CC.CC. The molecule has 0 unspecified atom stereocenters. The molecule has 0 saturated carbocycles. The Kier molecular flexibility index (Phi) is 34.6. The highest BCUT2D eigenvalue weighted by molar-refractivity contribution is 5.29. The predicted molar refractivity (Wildman–Crippen MR) is 56.2 cm³/mol. The largest absolute Gasteiger partial charge is 0.269 e. The fraction of sp³-hybridized carbons (Fsp3) is 0.500. The van der Waals surface area contributed by atoms with E-state index in [-0.39, 0.29) is 0 Å². The topological polar surface area (TPSA) is 12.4 Å². The van der Waals surface area contributed by atoms with Crippen molar-refractivity contribution in [3.8, 4) is 0 Å². The van der Waals surface area contributed by atoms with E-state index in [2.05, 4.69) is 18.3 Å². The Hall–Kier alpha value is -0.850. The zero-order valence-corrected chi connectivity index (χ0v) is 8.52. The summed E-state index contributed by atoms with van der Waals surface area (Å²) in [6.07, 6.45) is 3.48. The third-order valence-electron chi connectivity index (χ3n) is 0.608. The van der Waals surface area contributed by atoms with Gasteiger partial charge in [-0.1, -0.05) is 40.3 Å². The first-order valence-electron chi connectivity index (χ1n) is 4.07. The van der Waals surface area contributed by atoms with Gasteiger partial charge in [0, 0.05) is 5.70 Å². The molecular formula is C10H21N. The zero-order valence-electron chi connectivity index (χ0n) is 8.52. The Balaban J connectivity index is -0.000000138. The summed E-state index contributed by atoms with van der Waals surface area (Å²) in [6, 6.07) is 0. The minimum Gasteiger partial charge on any atom is -0.269 e. The van der Waals surface area contributed by atoms with Gasteiger partial charge in [-0.3, -0.25) is 4.99 Å². The molecule has 1 heteroatoms. The van der Waals surface area contributed by atoms with Crippen molar-refractivity contribution in [1.82, 2.24) is 0 Å². The van der Waals surface area contributed by atoms with Crippen LogP contribution in [0.1, 0.15) is 34.6 Å². The minimum absolute atomic E-state index is 0.898. The van der Waals surface area contributed by atoms with Crippen molar-refractivity contribution in [2.24, 2.45) is 4.99 Å². The Morgan fingerprint density at radius 2 is 1.55 bits per heavy atom. The number of aliphatic imine (C=N–C) groups is 1. The fourth-order valence-electron chi connectivity index (χ4n) is 0.223. The summed E-state index contributed by atoms with van der Waals surface area (Å²) in [6.45, 7) is 16.7. The fourth-order valence-corrected chi connectivity index (χ4v) is 0.223. The summed E-state index contributed by atoms with van der Waals surface area (Å²) < 4.78 is 0. The van der Waals surface area contributed by atoms with Crippen molar-refractivity contribution in [1.29, 1.82) is 0 Å². The highest BCUT2D eigenvalue weighted by Crippen LogP contribution is 1.89. The molecule has 0 saturated heterocycles. The molecule has 66 valence electrons. The summed E-state index contributed by atoms with van der Waals surface area (Å²) in [5, 5.41) is 0. The van der Waals surface area contributed by atoms with Gasteiger partial charge in [0.1, 0.15) is 0 Å². The molecule has 0 fully saturated rings. The van der Waals surface area contributed by atoms with Gasteiger partial charge in [-0.25, -0.2) is 0 Å². The van der Waals surface area contributed by atoms with E-state index in [9.17, 15) is 0 Å². The summed E-state index contributed by atoms with van der Waals surface area (Å²) in [4.78, 5) is 3.62. The number of allylic oxidation sites excluding steroid dienone is 3. The summed E-state index contributed by atoms with van der Waals surface area (Å²) in [7, 11) is 0. The second-order valence-corrected chi connectivity index (χ2v) is 1.20. The van der Waals surface area contributed by atoms with Gasteiger partial charge >= 0.3 is 0 Å². The predicted octanol–water partition coefficient (Wildman–Crippen LogP) is 3.83. The summed E-state index contributed by atoms with van der Waals surface area (Å²) in [5.74, 6) is 0. The van der Waals surface area contributed by atoms with Crippen LogP contribution in [0.25, 0.3) is 0 Å². The molecule has 0 aliphatic rings. The molecule has 0 rings (SSSR count). The van der Waals surface area contributed by atoms with Crippen LogP contribution in [0.3, 0.4) is 0 Å². The van der Waals surface area contributed by atoms with Crippen LogP contribution in [0.5, 0.6) is 0 Å². The van der Waals surface area contributed by atoms with E-state index in [0.717, 1.165) is 5.70 Å². The van der Waals surface area contributed by atoms with Gasteiger partial charge in [0.2, 0.25) is 0 Å². The van der Waals surface area contributed by atoms with Crippen LogP contribution in [-0.4, -0.2) is 6.72 Å². The lowest BCUT2D eigenvalue weighted by Gasteiger charge is -1.80. The van der Waals surface area contributed by atoms with Crippen molar-refractivity contribution in [3.05, 3.63) is 24.4 Å². The highest BCUT2D eigenvalue weighted by atomic mass is 14.7. The lowest BCUT2D eigenvalue weighted by atomic mass is 10.4. The molecule has 0 aromatic heterocycles. The van der Waals surface area contributed by atoms with E-state index in [4.69, 9.17) is 0 Å². The number of rotatable bonds is 2. The average Bonchev–Trinajstić information content (AvgIpc) is 2.12. The Labute approximate surface area is 71.6 Å². The van der Waals surface area contributed by atoms with Crippen molar-refractivity contribution >= 4 is 6.72 Å². The van der Waals surface area contributed by atoms with Crippen LogP contribution in [-0.2, 0) is 0 Å². The molecule has 11 heavy (non-hydrogen) atoms. The van der Waals surface area contributed by atoms with Crippen LogP contribution < -0.4 is 0 Å². The summed E-state index contributed by atoms with van der Waals surface area (Å²) >= 11 is 0. The maximum absolute atomic E-state index is 3.62. The van der Waals surface area contributed by atoms with Crippen molar-refractivity contribution in [2.75, 3.05) is 0 Å². The number of hydrogen-bond donors (Lipinski definition) is 0. The molecule has 0 amide bonds. The minimum atomic E-state index is 0.898. The standard InChI is InChI=1S/C6H9N.2C2H6/c1-4-5-6(2)7-3;2*1-2/h4-5H,1,3H2,2H3;2*1-2H3/b6-5-;;. The van der Waals surface area contributed by atoms with E-state index in [1.165, 1.54) is 0 Å². The first kappa shape index (κ1) is 16.6. The van der Waals surface area contributed by atoms with Crippen LogP contribution in [0.2, 0.25) is 0 Å². The van der Waals surface area contributed by atoms with Gasteiger partial charge in [-0.05, 0) is 19.7 Å². The van der Waals surface area contributed by atoms with Gasteiger partial charge in [-0.2, -0.15) is 0 Å². The first-order valence-corrected chi connectivity index (χ1v) is 4.07. The molecule has 0 N–H and O–H groups in total. The molecule has 0 radical (unpaired) electrons. The number of nitrogens with zero attached hydrogens (tertiary/aromatic N) is 1. The maximum Gasteiger partial charge on any atom is 0.0365 e. The highest BCUT2D eigenvalue weighted by Gasteiger charge is 1.69. The van der Waals surface area contributed by atoms with Crippen LogP contribution >= 0.6 is 0 Å². The Morgan fingerprint density at radius 3 is 1.64 bits per heavy atom. The van der Waals surface area contributed by atoms with Crippen molar-refractivity contribution < 1.29 is 0 Å². The van der Waals surface area contributed by atoms with E-state index in [0.29, 0.717) is 0 Å². The van der Waals surface area contributed by atoms with E-state index in [1.807, 2.05) is 34.6 Å². The number of hydrogen-bond acceptors (Lipinski definition) is 1. The van der Waals surface area contributed by atoms with Gasteiger partial charge in [0.05, 0.1) is 0 Å². The lowest BCUT2D eigenvalue weighted by Crippen LogP contribution is -1.60. The monoisotopic (exact) mass is 155 g/mol. The Bertz CT molecular complexity index is 101. The maximum atomic E-state index is 3.62. The Morgan fingerprint density at radius 1 is 1.18 bits per heavy atom. The molecule has 0 spiro atoms. The van der Waals surface area contributed by atoms with Gasteiger partial charge in [0.15, 0.2) is 0 Å². The molecule has 0 bridgehead atoms. The smallest absolute Gasteiger partial charge is 0.0365 e. The van der Waals surface area contributed by atoms with E-state index < -0.39 is 0 Å². The quantitative estimate of drug-likeness (QED) is 0.424. The van der Waals surface area contributed by atoms with E-state index >= 15 is 0 Å². The van der Waals surface area contributed by atoms with Gasteiger partial charge in [-0.15, -0.1) is 0 Å².